The Hall–Kier alpha value is -1.82. The van der Waals surface area contributed by atoms with Crippen LogP contribution in [-0.4, -0.2) is 29.3 Å². The van der Waals surface area contributed by atoms with E-state index in [-0.39, 0.29) is 6.04 Å². The molecule has 0 unspecified atom stereocenters. The Labute approximate surface area is 118 Å². The maximum Gasteiger partial charge on any atom is 0.412 e. The van der Waals surface area contributed by atoms with Gasteiger partial charge in [-0.1, -0.05) is 0 Å². The molecule has 1 aromatic heterocycles. The molecule has 2 rings (SSSR count). The van der Waals surface area contributed by atoms with Crippen molar-refractivity contribution in [1.82, 2.24) is 10.3 Å². The second-order valence-electron chi connectivity index (χ2n) is 5.91. The summed E-state index contributed by atoms with van der Waals surface area (Å²) in [5, 5.41) is 5.98. The Balaban J connectivity index is 2.06. The number of carbonyl (C=O) groups is 1. The quantitative estimate of drug-likeness (QED) is 0.825. The number of carbonyl (C=O) groups excluding carboxylic acids is 1. The minimum Gasteiger partial charge on any atom is -0.476 e. The molecule has 1 amide bonds. The number of fused-ring (bicyclic) bond motifs is 1. The molecule has 0 radical (unpaired) electrons. The molecule has 1 atom stereocenters. The number of anilines is 1. The summed E-state index contributed by atoms with van der Waals surface area (Å²) in [5.41, 5.74) is 0.990. The van der Waals surface area contributed by atoms with E-state index in [2.05, 4.69) is 15.6 Å². The molecule has 0 aromatic carbocycles. The molecule has 0 fully saturated rings. The molecular weight excluding hydrogens is 258 g/mol. The van der Waals surface area contributed by atoms with Crippen molar-refractivity contribution in [2.75, 3.05) is 11.9 Å². The van der Waals surface area contributed by atoms with Gasteiger partial charge in [0.25, 0.3) is 0 Å². The fourth-order valence-electron chi connectivity index (χ4n) is 1.79. The first-order valence-electron chi connectivity index (χ1n) is 6.68. The topological polar surface area (TPSA) is 72.5 Å². The van der Waals surface area contributed by atoms with E-state index in [1.807, 2.05) is 33.8 Å². The van der Waals surface area contributed by atoms with E-state index in [1.54, 1.807) is 6.20 Å². The lowest BCUT2D eigenvalue weighted by atomic mass is 10.2. The third-order valence-electron chi connectivity index (χ3n) is 2.68. The van der Waals surface area contributed by atoms with Gasteiger partial charge in [0.2, 0.25) is 5.88 Å². The van der Waals surface area contributed by atoms with Crippen molar-refractivity contribution in [1.29, 1.82) is 0 Å². The van der Waals surface area contributed by atoms with Gasteiger partial charge in [0.15, 0.2) is 0 Å². The number of hydrogen-bond donors (Lipinski definition) is 2. The van der Waals surface area contributed by atoms with Crippen LogP contribution in [-0.2, 0) is 11.3 Å². The molecule has 1 aliphatic heterocycles. The summed E-state index contributed by atoms with van der Waals surface area (Å²) in [4.78, 5) is 15.9. The van der Waals surface area contributed by atoms with Gasteiger partial charge in [0.05, 0.1) is 11.9 Å². The van der Waals surface area contributed by atoms with Crippen LogP contribution in [0, 0.1) is 0 Å². The van der Waals surface area contributed by atoms with E-state index in [1.165, 1.54) is 0 Å². The Morgan fingerprint density at radius 3 is 3.00 bits per heavy atom. The molecule has 2 heterocycles. The fourth-order valence-corrected chi connectivity index (χ4v) is 1.79. The maximum atomic E-state index is 11.7. The van der Waals surface area contributed by atoms with Gasteiger partial charge in [-0.2, -0.15) is 0 Å². The molecule has 0 saturated carbocycles. The number of amides is 1. The van der Waals surface area contributed by atoms with Crippen LogP contribution < -0.4 is 15.4 Å². The minimum atomic E-state index is -0.525. The smallest absolute Gasteiger partial charge is 0.412 e. The molecule has 0 aliphatic carbocycles. The van der Waals surface area contributed by atoms with Gasteiger partial charge >= 0.3 is 6.09 Å². The van der Waals surface area contributed by atoms with Gasteiger partial charge in [-0.3, -0.25) is 5.32 Å². The average molecular weight is 279 g/mol. The lowest BCUT2D eigenvalue weighted by molar-refractivity contribution is 0.0636. The predicted octanol–water partition coefficient (Wildman–Crippen LogP) is 2.30. The molecule has 0 spiro atoms. The summed E-state index contributed by atoms with van der Waals surface area (Å²) in [6.07, 6.45) is 1.08. The van der Waals surface area contributed by atoms with Crippen LogP contribution in [0.25, 0.3) is 0 Å². The lowest BCUT2D eigenvalue weighted by Gasteiger charge is -2.19. The summed E-state index contributed by atoms with van der Waals surface area (Å²) in [6.45, 7) is 8.75. The van der Waals surface area contributed by atoms with Crippen molar-refractivity contribution in [2.45, 2.75) is 45.9 Å². The summed E-state index contributed by atoms with van der Waals surface area (Å²) in [5.74, 6) is 0.608. The van der Waals surface area contributed by atoms with Crippen LogP contribution in [0.5, 0.6) is 5.88 Å². The Bertz CT molecular complexity index is 497. The van der Waals surface area contributed by atoms with E-state index in [0.29, 0.717) is 24.7 Å². The Morgan fingerprint density at radius 2 is 2.30 bits per heavy atom. The van der Waals surface area contributed by atoms with Gasteiger partial charge < -0.3 is 14.8 Å². The molecule has 1 aromatic rings. The molecule has 6 nitrogen and oxygen atoms in total. The predicted molar refractivity (Wildman–Crippen MR) is 75.9 cm³/mol. The van der Waals surface area contributed by atoms with Crippen molar-refractivity contribution in [3.05, 3.63) is 17.8 Å². The van der Waals surface area contributed by atoms with Crippen molar-refractivity contribution < 1.29 is 14.3 Å². The number of rotatable bonds is 1. The van der Waals surface area contributed by atoms with Crippen LogP contribution in [0.4, 0.5) is 10.5 Å². The number of hydrogen-bond acceptors (Lipinski definition) is 5. The Morgan fingerprint density at radius 1 is 1.55 bits per heavy atom. The van der Waals surface area contributed by atoms with Crippen molar-refractivity contribution in [3.63, 3.8) is 0 Å². The maximum absolute atomic E-state index is 11.7. The van der Waals surface area contributed by atoms with E-state index in [9.17, 15) is 4.79 Å². The first-order valence-corrected chi connectivity index (χ1v) is 6.68. The highest BCUT2D eigenvalue weighted by Crippen LogP contribution is 2.22. The lowest BCUT2D eigenvalue weighted by Crippen LogP contribution is -2.28. The zero-order chi connectivity index (χ0) is 14.8. The van der Waals surface area contributed by atoms with Crippen LogP contribution in [0.3, 0.4) is 0 Å². The monoisotopic (exact) mass is 279 g/mol. The highest BCUT2D eigenvalue weighted by Gasteiger charge is 2.18. The van der Waals surface area contributed by atoms with E-state index >= 15 is 0 Å². The SMILES string of the molecule is C[C@@H]1COc2ncc(NC(=O)OC(C)(C)C)cc2CN1. The third-order valence-corrected chi connectivity index (χ3v) is 2.68. The molecule has 110 valence electrons. The normalized spacial score (nSPS) is 18.5. The zero-order valence-corrected chi connectivity index (χ0v) is 12.3. The molecule has 0 bridgehead atoms. The molecule has 20 heavy (non-hydrogen) atoms. The van der Waals surface area contributed by atoms with Crippen molar-refractivity contribution >= 4 is 11.8 Å². The van der Waals surface area contributed by atoms with Gasteiger partial charge in [-0.05, 0) is 33.8 Å². The summed E-state index contributed by atoms with van der Waals surface area (Å²) >= 11 is 0. The average Bonchev–Trinajstić information content (AvgIpc) is 2.49. The first-order chi connectivity index (χ1) is 9.33. The number of nitrogens with one attached hydrogen (secondary N) is 2. The molecule has 6 heteroatoms. The van der Waals surface area contributed by atoms with Gasteiger partial charge in [0, 0.05) is 18.2 Å². The summed E-state index contributed by atoms with van der Waals surface area (Å²) in [7, 11) is 0. The summed E-state index contributed by atoms with van der Waals surface area (Å²) < 4.78 is 10.8. The second-order valence-corrected chi connectivity index (χ2v) is 5.91. The number of aromatic nitrogens is 1. The molecule has 1 aliphatic rings. The fraction of sp³-hybridized carbons (Fsp3) is 0.571. The minimum absolute atomic E-state index is 0.270. The van der Waals surface area contributed by atoms with Crippen LogP contribution in [0.1, 0.15) is 33.3 Å². The number of nitrogens with zero attached hydrogens (tertiary/aromatic N) is 1. The van der Waals surface area contributed by atoms with Gasteiger partial charge in [0.1, 0.15) is 12.2 Å². The molecular formula is C14H21N3O3. The number of pyridine rings is 1. The van der Waals surface area contributed by atoms with Gasteiger partial charge in [-0.15, -0.1) is 0 Å². The van der Waals surface area contributed by atoms with E-state index in [0.717, 1.165) is 5.56 Å². The van der Waals surface area contributed by atoms with E-state index in [4.69, 9.17) is 9.47 Å². The van der Waals surface area contributed by atoms with Crippen molar-refractivity contribution in [3.8, 4) is 5.88 Å². The highest BCUT2D eigenvalue weighted by atomic mass is 16.6. The standard InChI is InChI=1S/C14H21N3O3/c1-9-8-19-12-10(6-15-9)5-11(7-16-12)17-13(18)20-14(2,3)4/h5,7,9,15H,6,8H2,1-4H3,(H,17,18)/t9-/m1/s1. The van der Waals surface area contributed by atoms with Crippen LogP contribution in [0.2, 0.25) is 0 Å². The molecule has 2 N–H and O–H groups in total. The van der Waals surface area contributed by atoms with Gasteiger partial charge in [-0.25, -0.2) is 9.78 Å². The Kier molecular flexibility index (Phi) is 4.13. The second kappa shape index (κ2) is 5.66. The van der Waals surface area contributed by atoms with E-state index < -0.39 is 11.7 Å². The molecule has 0 saturated heterocycles. The van der Waals surface area contributed by atoms with Crippen LogP contribution in [0.15, 0.2) is 12.3 Å². The largest absolute Gasteiger partial charge is 0.476 e. The summed E-state index contributed by atoms with van der Waals surface area (Å²) in [6, 6.07) is 2.11. The van der Waals surface area contributed by atoms with Crippen molar-refractivity contribution in [2.24, 2.45) is 0 Å². The zero-order valence-electron chi connectivity index (χ0n) is 12.3. The highest BCUT2D eigenvalue weighted by molar-refractivity contribution is 5.84. The first kappa shape index (κ1) is 14.6. The van der Waals surface area contributed by atoms with Crippen LogP contribution >= 0.6 is 0 Å². The third kappa shape index (κ3) is 4.09. The number of ether oxygens (including phenoxy) is 2.